The van der Waals surface area contributed by atoms with Crippen LogP contribution in [-0.2, 0) is 0 Å². The summed E-state index contributed by atoms with van der Waals surface area (Å²) < 4.78 is 36.7. The fraction of sp³-hybridized carbons (Fsp3) is 0.222. The maximum absolute atomic E-state index is 12.2. The highest BCUT2D eigenvalue weighted by molar-refractivity contribution is 5.90. The van der Waals surface area contributed by atoms with E-state index in [1.807, 2.05) is 0 Å². The molecule has 0 unspecified atom stereocenters. The number of carbonyl (C=O) groups is 1. The first-order valence-electron chi connectivity index (χ1n) is 4.12. The predicted molar refractivity (Wildman–Crippen MR) is 48.0 cm³/mol. The van der Waals surface area contributed by atoms with E-state index < -0.39 is 35.1 Å². The van der Waals surface area contributed by atoms with Gasteiger partial charge < -0.3 is 15.9 Å². The van der Waals surface area contributed by atoms with Crippen LogP contribution in [0.1, 0.15) is 22.0 Å². The first kappa shape index (κ1) is 12.3. The molecule has 0 saturated carbocycles. The van der Waals surface area contributed by atoms with Gasteiger partial charge >= 0.3 is 12.1 Å². The standard InChI is InChI=1S/C9H8F3NO3/c10-9(11,12)7(13)4-1-2-6(14)5(3-4)8(15)16/h1-3,7,14H,13H2,(H,15,16)/t7-/m1/s1. The van der Waals surface area contributed by atoms with Gasteiger partial charge in [0.1, 0.15) is 17.4 Å². The van der Waals surface area contributed by atoms with Crippen molar-refractivity contribution in [1.82, 2.24) is 0 Å². The molecule has 7 heteroatoms. The lowest BCUT2D eigenvalue weighted by atomic mass is 10.0. The van der Waals surface area contributed by atoms with Gasteiger partial charge in [0.05, 0.1) is 0 Å². The second-order valence-electron chi connectivity index (χ2n) is 3.10. The van der Waals surface area contributed by atoms with Gasteiger partial charge in [0.25, 0.3) is 0 Å². The van der Waals surface area contributed by atoms with Crippen LogP contribution < -0.4 is 5.73 Å². The smallest absolute Gasteiger partial charge is 0.407 e. The first-order valence-corrected chi connectivity index (χ1v) is 4.12. The molecule has 88 valence electrons. The maximum atomic E-state index is 12.2. The molecule has 0 spiro atoms. The molecule has 0 aliphatic carbocycles. The number of carboxylic acids is 1. The zero-order valence-electron chi connectivity index (χ0n) is 7.82. The maximum Gasteiger partial charge on any atom is 0.407 e. The summed E-state index contributed by atoms with van der Waals surface area (Å²) in [5.74, 6) is -2.13. The van der Waals surface area contributed by atoms with Crippen LogP contribution in [0.5, 0.6) is 5.75 Å². The summed E-state index contributed by atoms with van der Waals surface area (Å²) >= 11 is 0. The number of benzene rings is 1. The van der Waals surface area contributed by atoms with Gasteiger partial charge in [-0.3, -0.25) is 0 Å². The number of phenols is 1. The van der Waals surface area contributed by atoms with Gasteiger partial charge in [-0.15, -0.1) is 0 Å². The summed E-state index contributed by atoms with van der Waals surface area (Å²) in [6.07, 6.45) is -4.66. The van der Waals surface area contributed by atoms with Crippen molar-refractivity contribution < 1.29 is 28.2 Å². The second kappa shape index (κ2) is 4.01. The number of aromatic hydroxyl groups is 1. The largest absolute Gasteiger partial charge is 0.507 e. The number of hydrogen-bond acceptors (Lipinski definition) is 3. The Kier molecular flexibility index (Phi) is 3.09. The highest BCUT2D eigenvalue weighted by Gasteiger charge is 2.38. The fourth-order valence-corrected chi connectivity index (χ4v) is 1.11. The quantitative estimate of drug-likeness (QED) is 0.727. The van der Waals surface area contributed by atoms with Crippen molar-refractivity contribution in [3.63, 3.8) is 0 Å². The van der Waals surface area contributed by atoms with Gasteiger partial charge in [-0.25, -0.2) is 4.79 Å². The third-order valence-corrected chi connectivity index (χ3v) is 1.96. The van der Waals surface area contributed by atoms with Crippen LogP contribution in [0.3, 0.4) is 0 Å². The molecule has 0 aliphatic heterocycles. The van der Waals surface area contributed by atoms with Gasteiger partial charge in [0.15, 0.2) is 0 Å². The zero-order valence-corrected chi connectivity index (χ0v) is 7.82. The number of nitrogens with two attached hydrogens (primary N) is 1. The van der Waals surface area contributed by atoms with Crippen LogP contribution in [0.15, 0.2) is 18.2 Å². The van der Waals surface area contributed by atoms with Crippen LogP contribution in [0, 0.1) is 0 Å². The van der Waals surface area contributed by atoms with Crippen LogP contribution in [0.25, 0.3) is 0 Å². The lowest BCUT2D eigenvalue weighted by Crippen LogP contribution is -2.28. The van der Waals surface area contributed by atoms with Crippen molar-refractivity contribution in [2.75, 3.05) is 0 Å². The molecule has 0 saturated heterocycles. The van der Waals surface area contributed by atoms with Crippen molar-refractivity contribution in [2.45, 2.75) is 12.2 Å². The normalized spacial score (nSPS) is 13.5. The van der Waals surface area contributed by atoms with E-state index in [-0.39, 0.29) is 0 Å². The lowest BCUT2D eigenvalue weighted by molar-refractivity contribution is -0.149. The van der Waals surface area contributed by atoms with E-state index >= 15 is 0 Å². The molecule has 1 rings (SSSR count). The van der Waals surface area contributed by atoms with E-state index in [1.165, 1.54) is 0 Å². The molecule has 0 bridgehead atoms. The fourth-order valence-electron chi connectivity index (χ4n) is 1.11. The van der Waals surface area contributed by atoms with Gasteiger partial charge in [-0.2, -0.15) is 13.2 Å². The Balaban J connectivity index is 3.18. The third-order valence-electron chi connectivity index (χ3n) is 1.96. The molecule has 1 atom stereocenters. The zero-order chi connectivity index (χ0) is 12.5. The van der Waals surface area contributed by atoms with E-state index in [4.69, 9.17) is 15.9 Å². The van der Waals surface area contributed by atoms with Crippen molar-refractivity contribution in [1.29, 1.82) is 0 Å². The highest BCUT2D eigenvalue weighted by atomic mass is 19.4. The Morgan fingerprint density at radius 3 is 2.38 bits per heavy atom. The van der Waals surface area contributed by atoms with E-state index in [0.29, 0.717) is 6.07 Å². The molecule has 4 nitrogen and oxygen atoms in total. The average molecular weight is 235 g/mol. The van der Waals surface area contributed by atoms with E-state index in [2.05, 4.69) is 0 Å². The van der Waals surface area contributed by atoms with E-state index in [0.717, 1.165) is 12.1 Å². The number of alkyl halides is 3. The minimum absolute atomic E-state index is 0.414. The second-order valence-corrected chi connectivity index (χ2v) is 3.10. The van der Waals surface area contributed by atoms with Crippen molar-refractivity contribution in [3.05, 3.63) is 29.3 Å². The molecular weight excluding hydrogens is 227 g/mol. The Labute approximate surface area is 88.1 Å². The molecule has 0 radical (unpaired) electrons. The number of hydrogen-bond donors (Lipinski definition) is 3. The summed E-state index contributed by atoms with van der Waals surface area (Å²) in [5.41, 5.74) is 3.86. The summed E-state index contributed by atoms with van der Waals surface area (Å²) in [5, 5.41) is 17.7. The highest BCUT2D eigenvalue weighted by Crippen LogP contribution is 2.32. The monoisotopic (exact) mass is 235 g/mol. The van der Waals surface area contributed by atoms with E-state index in [9.17, 15) is 18.0 Å². The van der Waals surface area contributed by atoms with Crippen LogP contribution >= 0.6 is 0 Å². The first-order chi connectivity index (χ1) is 7.23. The Hall–Kier alpha value is -1.76. The molecule has 0 fully saturated rings. The Morgan fingerprint density at radius 1 is 1.38 bits per heavy atom. The third kappa shape index (κ3) is 2.43. The topological polar surface area (TPSA) is 83.5 Å². The summed E-state index contributed by atoms with van der Waals surface area (Å²) in [6.45, 7) is 0. The van der Waals surface area contributed by atoms with Crippen LogP contribution in [-0.4, -0.2) is 22.4 Å². The summed E-state index contributed by atoms with van der Waals surface area (Å²) in [7, 11) is 0. The van der Waals surface area contributed by atoms with Gasteiger partial charge in [-0.1, -0.05) is 6.07 Å². The number of rotatable bonds is 2. The Morgan fingerprint density at radius 2 is 1.94 bits per heavy atom. The molecule has 0 aromatic heterocycles. The lowest BCUT2D eigenvalue weighted by Gasteiger charge is -2.16. The molecule has 1 aromatic carbocycles. The summed E-state index contributed by atoms with van der Waals surface area (Å²) in [6, 6.07) is 0.228. The molecular formula is C9H8F3NO3. The number of carboxylic acid groups (broad SMARTS) is 1. The minimum atomic E-state index is -4.66. The molecule has 4 N–H and O–H groups in total. The minimum Gasteiger partial charge on any atom is -0.507 e. The predicted octanol–water partition coefficient (Wildman–Crippen LogP) is 1.65. The Bertz CT molecular complexity index is 417. The molecule has 0 aliphatic rings. The molecule has 0 heterocycles. The molecule has 0 amide bonds. The molecule has 16 heavy (non-hydrogen) atoms. The van der Waals surface area contributed by atoms with Gasteiger partial charge in [0, 0.05) is 0 Å². The van der Waals surface area contributed by atoms with Gasteiger partial charge in [0.2, 0.25) is 0 Å². The molecule has 1 aromatic rings. The number of aromatic carboxylic acids is 1. The van der Waals surface area contributed by atoms with Crippen LogP contribution in [0.4, 0.5) is 13.2 Å². The number of halogens is 3. The SMILES string of the molecule is N[C@H](c1ccc(O)c(C(=O)O)c1)C(F)(F)F. The van der Waals surface area contributed by atoms with Gasteiger partial charge in [-0.05, 0) is 17.7 Å². The van der Waals surface area contributed by atoms with Crippen molar-refractivity contribution in [3.8, 4) is 5.75 Å². The summed E-state index contributed by atoms with van der Waals surface area (Å²) in [4.78, 5) is 10.6. The van der Waals surface area contributed by atoms with Crippen molar-refractivity contribution in [2.24, 2.45) is 5.73 Å². The van der Waals surface area contributed by atoms with Crippen molar-refractivity contribution >= 4 is 5.97 Å². The van der Waals surface area contributed by atoms with E-state index in [1.54, 1.807) is 0 Å². The average Bonchev–Trinajstić information content (AvgIpc) is 2.15. The van der Waals surface area contributed by atoms with Crippen LogP contribution in [0.2, 0.25) is 0 Å².